The Labute approximate surface area is 79.4 Å². The lowest BCUT2D eigenvalue weighted by Crippen LogP contribution is -2.06. The molecule has 1 aromatic rings. The standard InChI is InChI=1S/C7H11BrN2O2/c1-5(4-11-2)3-6-9-7(8)10-12-6/h5H,3-4H2,1-2H3. The second kappa shape index (κ2) is 4.57. The summed E-state index contributed by atoms with van der Waals surface area (Å²) in [4.78, 5) is 4.02. The molecule has 0 fully saturated rings. The topological polar surface area (TPSA) is 48.2 Å². The number of aromatic nitrogens is 2. The lowest BCUT2D eigenvalue weighted by atomic mass is 10.1. The molecule has 1 aromatic heterocycles. The average molecular weight is 235 g/mol. The van der Waals surface area contributed by atoms with Gasteiger partial charge in [-0.15, -0.1) is 0 Å². The third kappa shape index (κ3) is 2.91. The van der Waals surface area contributed by atoms with E-state index in [2.05, 4.69) is 33.0 Å². The van der Waals surface area contributed by atoms with Crippen LogP contribution in [0.25, 0.3) is 0 Å². The van der Waals surface area contributed by atoms with Crippen LogP contribution in [0.2, 0.25) is 0 Å². The predicted octanol–water partition coefficient (Wildman–Crippen LogP) is 1.66. The molecule has 0 aliphatic rings. The first-order valence-corrected chi connectivity index (χ1v) is 4.48. The van der Waals surface area contributed by atoms with Crippen LogP contribution in [0.3, 0.4) is 0 Å². The number of hydrogen-bond donors (Lipinski definition) is 0. The van der Waals surface area contributed by atoms with Crippen LogP contribution in [0, 0.1) is 5.92 Å². The van der Waals surface area contributed by atoms with Gasteiger partial charge in [0, 0.05) is 20.1 Å². The minimum Gasteiger partial charge on any atom is -0.384 e. The molecule has 0 aliphatic carbocycles. The quantitative estimate of drug-likeness (QED) is 0.796. The van der Waals surface area contributed by atoms with Gasteiger partial charge in [-0.2, -0.15) is 4.98 Å². The van der Waals surface area contributed by atoms with Crippen LogP contribution in [0.1, 0.15) is 12.8 Å². The maximum Gasteiger partial charge on any atom is 0.238 e. The molecule has 0 bridgehead atoms. The molecule has 1 atom stereocenters. The van der Waals surface area contributed by atoms with E-state index in [1.54, 1.807) is 7.11 Å². The zero-order valence-corrected chi connectivity index (χ0v) is 8.67. The molecule has 1 heterocycles. The fourth-order valence-electron chi connectivity index (χ4n) is 0.959. The van der Waals surface area contributed by atoms with Crippen LogP contribution in [-0.2, 0) is 11.2 Å². The molecule has 1 unspecified atom stereocenters. The second-order valence-corrected chi connectivity index (χ2v) is 3.43. The zero-order chi connectivity index (χ0) is 8.97. The van der Waals surface area contributed by atoms with Crippen LogP contribution in [0.5, 0.6) is 0 Å². The van der Waals surface area contributed by atoms with Crippen molar-refractivity contribution >= 4 is 15.9 Å². The van der Waals surface area contributed by atoms with E-state index >= 15 is 0 Å². The van der Waals surface area contributed by atoms with Gasteiger partial charge in [0.2, 0.25) is 10.6 Å². The van der Waals surface area contributed by atoms with Gasteiger partial charge in [-0.25, -0.2) is 0 Å². The summed E-state index contributed by atoms with van der Waals surface area (Å²) in [5.74, 6) is 1.05. The molecule has 0 aliphatic heterocycles. The van der Waals surface area contributed by atoms with E-state index in [0.29, 0.717) is 23.1 Å². The first-order chi connectivity index (χ1) is 5.72. The Kier molecular flexibility index (Phi) is 3.68. The highest BCUT2D eigenvalue weighted by molar-refractivity contribution is 9.10. The van der Waals surface area contributed by atoms with Crippen molar-refractivity contribution in [3.63, 3.8) is 0 Å². The molecular formula is C7H11BrN2O2. The first-order valence-electron chi connectivity index (χ1n) is 3.69. The number of rotatable bonds is 4. The molecule has 0 N–H and O–H groups in total. The van der Waals surface area contributed by atoms with E-state index in [1.807, 2.05) is 0 Å². The molecule has 12 heavy (non-hydrogen) atoms. The highest BCUT2D eigenvalue weighted by Gasteiger charge is 2.08. The molecule has 68 valence electrons. The molecule has 1 rings (SSSR count). The lowest BCUT2D eigenvalue weighted by molar-refractivity contribution is 0.155. The van der Waals surface area contributed by atoms with E-state index in [1.165, 1.54) is 0 Å². The minimum absolute atomic E-state index is 0.405. The summed E-state index contributed by atoms with van der Waals surface area (Å²) in [6.07, 6.45) is 0.756. The van der Waals surface area contributed by atoms with E-state index < -0.39 is 0 Å². The summed E-state index contributed by atoms with van der Waals surface area (Å²) in [7, 11) is 1.68. The molecule has 0 saturated carbocycles. The van der Waals surface area contributed by atoms with Crippen molar-refractivity contribution in [2.75, 3.05) is 13.7 Å². The Bertz CT molecular complexity index is 239. The Morgan fingerprint density at radius 2 is 2.42 bits per heavy atom. The fraction of sp³-hybridized carbons (Fsp3) is 0.714. The second-order valence-electron chi connectivity index (χ2n) is 2.72. The smallest absolute Gasteiger partial charge is 0.238 e. The largest absolute Gasteiger partial charge is 0.384 e. The van der Waals surface area contributed by atoms with Crippen molar-refractivity contribution in [1.29, 1.82) is 0 Å². The normalized spacial score (nSPS) is 13.2. The van der Waals surface area contributed by atoms with Crippen molar-refractivity contribution in [3.05, 3.63) is 10.6 Å². The van der Waals surface area contributed by atoms with E-state index in [-0.39, 0.29) is 0 Å². The maximum absolute atomic E-state index is 4.98. The summed E-state index contributed by atoms with van der Waals surface area (Å²) >= 11 is 3.11. The van der Waals surface area contributed by atoms with Gasteiger partial charge in [0.15, 0.2) is 0 Å². The summed E-state index contributed by atoms with van der Waals surface area (Å²) in [6, 6.07) is 0. The van der Waals surface area contributed by atoms with Crippen molar-refractivity contribution < 1.29 is 9.26 Å². The summed E-state index contributed by atoms with van der Waals surface area (Å²) in [5.41, 5.74) is 0. The fourth-order valence-corrected chi connectivity index (χ4v) is 1.23. The van der Waals surface area contributed by atoms with Crippen LogP contribution in [0.15, 0.2) is 9.26 Å². The van der Waals surface area contributed by atoms with Crippen LogP contribution in [-0.4, -0.2) is 23.9 Å². The van der Waals surface area contributed by atoms with E-state index in [4.69, 9.17) is 9.26 Å². The lowest BCUT2D eigenvalue weighted by Gasteiger charge is -2.05. The third-order valence-corrected chi connectivity index (χ3v) is 1.74. The molecule has 5 heteroatoms. The summed E-state index contributed by atoms with van der Waals surface area (Å²) < 4.78 is 10.4. The first kappa shape index (κ1) is 9.67. The van der Waals surface area contributed by atoms with Gasteiger partial charge in [-0.05, 0) is 27.0 Å². The average Bonchev–Trinajstić information content (AvgIpc) is 2.36. The van der Waals surface area contributed by atoms with Crippen molar-refractivity contribution in [1.82, 2.24) is 10.1 Å². The van der Waals surface area contributed by atoms with Gasteiger partial charge in [0.25, 0.3) is 0 Å². The number of hydrogen-bond acceptors (Lipinski definition) is 4. The Balaban J connectivity index is 2.41. The molecular weight excluding hydrogens is 224 g/mol. The Hall–Kier alpha value is -0.420. The van der Waals surface area contributed by atoms with Crippen molar-refractivity contribution in [2.45, 2.75) is 13.3 Å². The third-order valence-electron chi connectivity index (χ3n) is 1.42. The molecule has 4 nitrogen and oxygen atoms in total. The van der Waals surface area contributed by atoms with Crippen molar-refractivity contribution in [2.24, 2.45) is 5.92 Å². The van der Waals surface area contributed by atoms with Gasteiger partial charge in [0.05, 0.1) is 0 Å². The Morgan fingerprint density at radius 1 is 1.67 bits per heavy atom. The maximum atomic E-state index is 4.98. The van der Waals surface area contributed by atoms with Gasteiger partial charge in [-0.3, -0.25) is 0 Å². The Morgan fingerprint density at radius 3 is 2.92 bits per heavy atom. The van der Waals surface area contributed by atoms with E-state index in [9.17, 15) is 0 Å². The number of nitrogens with zero attached hydrogens (tertiary/aromatic N) is 2. The number of methoxy groups -OCH3 is 1. The van der Waals surface area contributed by atoms with E-state index in [0.717, 1.165) is 6.42 Å². The number of ether oxygens (including phenoxy) is 1. The monoisotopic (exact) mass is 234 g/mol. The van der Waals surface area contributed by atoms with Crippen LogP contribution >= 0.6 is 15.9 Å². The predicted molar refractivity (Wildman–Crippen MR) is 46.7 cm³/mol. The molecule has 0 radical (unpaired) electrons. The van der Waals surface area contributed by atoms with Gasteiger partial charge in [0.1, 0.15) is 0 Å². The highest BCUT2D eigenvalue weighted by Crippen LogP contribution is 2.09. The SMILES string of the molecule is COCC(C)Cc1nc(Br)no1. The molecule has 0 spiro atoms. The van der Waals surface area contributed by atoms with Gasteiger partial charge >= 0.3 is 0 Å². The summed E-state index contributed by atoms with van der Waals surface area (Å²) in [6.45, 7) is 2.78. The van der Waals surface area contributed by atoms with Crippen LogP contribution in [0.4, 0.5) is 0 Å². The molecule has 0 aromatic carbocycles. The molecule has 0 amide bonds. The summed E-state index contributed by atoms with van der Waals surface area (Å²) in [5, 5.41) is 3.62. The molecule has 0 saturated heterocycles. The zero-order valence-electron chi connectivity index (χ0n) is 7.08. The highest BCUT2D eigenvalue weighted by atomic mass is 79.9. The van der Waals surface area contributed by atoms with Gasteiger partial charge in [-0.1, -0.05) is 6.92 Å². The number of halogens is 1. The van der Waals surface area contributed by atoms with Crippen molar-refractivity contribution in [3.8, 4) is 0 Å². The van der Waals surface area contributed by atoms with Gasteiger partial charge < -0.3 is 9.26 Å². The minimum atomic E-state index is 0.405. The van der Waals surface area contributed by atoms with Crippen LogP contribution < -0.4 is 0 Å².